The van der Waals surface area contributed by atoms with Crippen LogP contribution in [0.15, 0.2) is 30.0 Å². The minimum absolute atomic E-state index is 0.210. The maximum atomic E-state index is 5.62. The van der Waals surface area contributed by atoms with E-state index in [1.54, 1.807) is 7.11 Å². The van der Waals surface area contributed by atoms with Crippen LogP contribution in [0, 0.1) is 0 Å². The monoisotopic (exact) mass is 246 g/mol. The number of hydrogen-bond acceptors (Lipinski definition) is 3. The van der Waals surface area contributed by atoms with E-state index in [1.807, 2.05) is 7.05 Å². The van der Waals surface area contributed by atoms with Crippen molar-refractivity contribution in [2.45, 2.75) is 32.7 Å². The van der Waals surface area contributed by atoms with Gasteiger partial charge in [0.25, 0.3) is 0 Å². The Labute approximate surface area is 109 Å². The Morgan fingerprint density at radius 2 is 2.17 bits per heavy atom. The molecule has 1 heterocycles. The predicted molar refractivity (Wildman–Crippen MR) is 74.4 cm³/mol. The molecule has 0 saturated carbocycles. The van der Waals surface area contributed by atoms with Crippen molar-refractivity contribution in [3.05, 3.63) is 41.1 Å². The maximum Gasteiger partial charge on any atom is 0.127 e. The summed E-state index contributed by atoms with van der Waals surface area (Å²) in [6.07, 6.45) is 4.42. The SMILES string of the molecule is CCCc1cccc(C2C=C(C)N(C)N2)c1OC. The normalized spacial score (nSPS) is 19.0. The summed E-state index contributed by atoms with van der Waals surface area (Å²) in [6, 6.07) is 6.62. The number of allylic oxidation sites excluding steroid dienone is 1. The number of rotatable bonds is 4. The van der Waals surface area contributed by atoms with Gasteiger partial charge in [0.15, 0.2) is 0 Å². The van der Waals surface area contributed by atoms with E-state index in [2.05, 4.69) is 48.6 Å². The summed E-state index contributed by atoms with van der Waals surface area (Å²) in [5, 5.41) is 2.05. The van der Waals surface area contributed by atoms with Crippen LogP contribution in [0.4, 0.5) is 0 Å². The molecule has 1 unspecified atom stereocenters. The topological polar surface area (TPSA) is 24.5 Å². The first-order valence-corrected chi connectivity index (χ1v) is 6.51. The third-order valence-electron chi connectivity index (χ3n) is 3.46. The van der Waals surface area contributed by atoms with Gasteiger partial charge in [0.1, 0.15) is 5.75 Å². The maximum absolute atomic E-state index is 5.62. The molecular weight excluding hydrogens is 224 g/mol. The number of ether oxygens (including phenoxy) is 1. The quantitative estimate of drug-likeness (QED) is 0.883. The fraction of sp³-hybridized carbons (Fsp3) is 0.467. The molecule has 0 bridgehead atoms. The molecule has 1 aliphatic rings. The predicted octanol–water partition coefficient (Wildman–Crippen LogP) is 3.04. The third kappa shape index (κ3) is 2.36. The van der Waals surface area contributed by atoms with Crippen molar-refractivity contribution in [1.82, 2.24) is 10.4 Å². The molecule has 1 atom stereocenters. The van der Waals surface area contributed by atoms with E-state index >= 15 is 0 Å². The lowest BCUT2D eigenvalue weighted by Crippen LogP contribution is -2.29. The highest BCUT2D eigenvalue weighted by Gasteiger charge is 2.22. The molecule has 0 spiro atoms. The van der Waals surface area contributed by atoms with Crippen LogP contribution in [0.1, 0.15) is 37.4 Å². The molecule has 1 N–H and O–H groups in total. The third-order valence-corrected chi connectivity index (χ3v) is 3.46. The van der Waals surface area contributed by atoms with Crippen molar-refractivity contribution in [3.8, 4) is 5.75 Å². The van der Waals surface area contributed by atoms with E-state index in [-0.39, 0.29) is 6.04 Å². The van der Waals surface area contributed by atoms with Gasteiger partial charge in [-0.2, -0.15) is 0 Å². The van der Waals surface area contributed by atoms with Gasteiger partial charge in [0.05, 0.1) is 13.2 Å². The standard InChI is InChI=1S/C15H22N2O/c1-5-7-12-8-6-9-13(15(12)18-4)14-10-11(2)17(3)16-14/h6,8-10,14,16H,5,7H2,1-4H3. The molecule has 1 aliphatic heterocycles. The van der Waals surface area contributed by atoms with Crippen molar-refractivity contribution >= 4 is 0 Å². The van der Waals surface area contributed by atoms with Crippen molar-refractivity contribution in [2.75, 3.05) is 14.2 Å². The molecule has 3 nitrogen and oxygen atoms in total. The zero-order chi connectivity index (χ0) is 13.1. The number of benzene rings is 1. The van der Waals surface area contributed by atoms with Crippen molar-refractivity contribution in [2.24, 2.45) is 0 Å². The molecule has 0 fully saturated rings. The second-order valence-corrected chi connectivity index (χ2v) is 4.76. The van der Waals surface area contributed by atoms with Crippen LogP contribution in [-0.2, 0) is 6.42 Å². The lowest BCUT2D eigenvalue weighted by Gasteiger charge is -2.20. The summed E-state index contributed by atoms with van der Waals surface area (Å²) in [4.78, 5) is 0. The van der Waals surface area contributed by atoms with Gasteiger partial charge < -0.3 is 9.75 Å². The Morgan fingerprint density at radius 1 is 1.39 bits per heavy atom. The molecule has 3 heteroatoms. The zero-order valence-electron chi connectivity index (χ0n) is 11.7. The van der Waals surface area contributed by atoms with Crippen LogP contribution in [-0.4, -0.2) is 19.2 Å². The molecule has 0 amide bonds. The number of hydrazine groups is 1. The molecule has 0 saturated heterocycles. The molecular formula is C15H22N2O. The number of methoxy groups -OCH3 is 1. The van der Waals surface area contributed by atoms with Crippen LogP contribution >= 0.6 is 0 Å². The lowest BCUT2D eigenvalue weighted by molar-refractivity contribution is 0.306. The van der Waals surface area contributed by atoms with E-state index < -0.39 is 0 Å². The van der Waals surface area contributed by atoms with Gasteiger partial charge in [-0.1, -0.05) is 31.5 Å². The van der Waals surface area contributed by atoms with Gasteiger partial charge in [0, 0.05) is 18.3 Å². The Morgan fingerprint density at radius 3 is 2.72 bits per heavy atom. The van der Waals surface area contributed by atoms with Gasteiger partial charge in [0.2, 0.25) is 0 Å². The molecule has 1 aromatic carbocycles. The first-order chi connectivity index (χ1) is 8.67. The minimum atomic E-state index is 0.210. The first kappa shape index (κ1) is 13.0. The van der Waals surface area contributed by atoms with Gasteiger partial charge in [-0.25, -0.2) is 5.43 Å². The fourth-order valence-corrected chi connectivity index (χ4v) is 2.42. The van der Waals surface area contributed by atoms with Gasteiger partial charge in [-0.3, -0.25) is 0 Å². The average molecular weight is 246 g/mol. The largest absolute Gasteiger partial charge is 0.496 e. The molecule has 1 aromatic rings. The summed E-state index contributed by atoms with van der Waals surface area (Å²) in [7, 11) is 3.79. The Bertz CT molecular complexity index is 454. The number of hydrogen-bond donors (Lipinski definition) is 1. The summed E-state index contributed by atoms with van der Waals surface area (Å²) in [5.41, 5.74) is 7.17. The van der Waals surface area contributed by atoms with Gasteiger partial charge in [-0.05, 0) is 25.0 Å². The average Bonchev–Trinajstić information content (AvgIpc) is 2.69. The number of aryl methyl sites for hydroxylation is 1. The van der Waals surface area contributed by atoms with Crippen LogP contribution in [0.3, 0.4) is 0 Å². The highest BCUT2D eigenvalue weighted by Crippen LogP contribution is 2.33. The Kier molecular flexibility index (Phi) is 3.92. The second kappa shape index (κ2) is 5.44. The molecule has 2 rings (SSSR count). The summed E-state index contributed by atoms with van der Waals surface area (Å²) < 4.78 is 5.62. The van der Waals surface area contributed by atoms with E-state index in [0.717, 1.165) is 18.6 Å². The molecule has 0 radical (unpaired) electrons. The highest BCUT2D eigenvalue weighted by molar-refractivity contribution is 5.45. The van der Waals surface area contributed by atoms with E-state index in [9.17, 15) is 0 Å². The summed E-state index contributed by atoms with van der Waals surface area (Å²) >= 11 is 0. The second-order valence-electron chi connectivity index (χ2n) is 4.76. The van der Waals surface area contributed by atoms with Crippen LogP contribution < -0.4 is 10.2 Å². The van der Waals surface area contributed by atoms with E-state index in [1.165, 1.54) is 16.8 Å². The molecule has 18 heavy (non-hydrogen) atoms. The van der Waals surface area contributed by atoms with Crippen molar-refractivity contribution < 1.29 is 4.74 Å². The minimum Gasteiger partial charge on any atom is -0.496 e. The Hall–Kier alpha value is -1.48. The number of nitrogens with one attached hydrogen (secondary N) is 1. The van der Waals surface area contributed by atoms with Crippen LogP contribution in [0.2, 0.25) is 0 Å². The van der Waals surface area contributed by atoms with Crippen LogP contribution in [0.5, 0.6) is 5.75 Å². The van der Waals surface area contributed by atoms with Gasteiger partial charge >= 0.3 is 0 Å². The smallest absolute Gasteiger partial charge is 0.127 e. The van der Waals surface area contributed by atoms with Crippen molar-refractivity contribution in [3.63, 3.8) is 0 Å². The summed E-state index contributed by atoms with van der Waals surface area (Å²) in [6.45, 7) is 4.30. The fourth-order valence-electron chi connectivity index (χ4n) is 2.42. The lowest BCUT2D eigenvalue weighted by atomic mass is 10.00. The van der Waals surface area contributed by atoms with Crippen molar-refractivity contribution in [1.29, 1.82) is 0 Å². The molecule has 98 valence electrons. The molecule has 0 aromatic heterocycles. The zero-order valence-corrected chi connectivity index (χ0v) is 11.7. The Balaban J connectivity index is 2.36. The van der Waals surface area contributed by atoms with Crippen LogP contribution in [0.25, 0.3) is 0 Å². The van der Waals surface area contributed by atoms with E-state index in [0.29, 0.717) is 0 Å². The number of nitrogens with zero attached hydrogens (tertiary/aromatic N) is 1. The first-order valence-electron chi connectivity index (χ1n) is 6.51. The number of para-hydroxylation sites is 1. The highest BCUT2D eigenvalue weighted by atomic mass is 16.5. The van der Waals surface area contributed by atoms with Gasteiger partial charge in [-0.15, -0.1) is 0 Å². The summed E-state index contributed by atoms with van der Waals surface area (Å²) in [5.74, 6) is 1.02. The molecule has 0 aliphatic carbocycles. The van der Waals surface area contributed by atoms with E-state index in [4.69, 9.17) is 4.74 Å².